The van der Waals surface area contributed by atoms with Crippen molar-refractivity contribution >= 4 is 21.4 Å². The summed E-state index contributed by atoms with van der Waals surface area (Å²) in [7, 11) is -5.99. The van der Waals surface area contributed by atoms with Gasteiger partial charge in [-0.25, -0.2) is 21.6 Å². The first-order chi connectivity index (χ1) is 12.3. The van der Waals surface area contributed by atoms with Gasteiger partial charge in [-0.15, -0.1) is 0 Å². The minimum Gasteiger partial charge on any atom is -0.382 e. The molecule has 0 saturated carbocycles. The Morgan fingerprint density at radius 1 is 1.15 bits per heavy atom. The predicted octanol–water partition coefficient (Wildman–Crippen LogP) is 4.66. The van der Waals surface area contributed by atoms with Crippen molar-refractivity contribution in [2.45, 2.75) is 28.9 Å². The number of sulfone groups is 1. The number of hydrogen-bond acceptors (Lipinski definition) is 3. The highest BCUT2D eigenvalue weighted by Crippen LogP contribution is 2.50. The quantitative estimate of drug-likeness (QED) is 0.705. The van der Waals surface area contributed by atoms with Crippen molar-refractivity contribution in [1.29, 1.82) is 0 Å². The number of fused-ring (bicyclic) bond motifs is 1. The zero-order chi connectivity index (χ0) is 20.4. The van der Waals surface area contributed by atoms with Crippen LogP contribution in [0, 0.1) is 5.82 Å². The van der Waals surface area contributed by atoms with Gasteiger partial charge in [0.2, 0.25) is 0 Å². The van der Waals surface area contributed by atoms with Crippen molar-refractivity contribution in [1.82, 2.24) is 0 Å². The van der Waals surface area contributed by atoms with Crippen molar-refractivity contribution in [2.75, 3.05) is 0 Å². The smallest absolute Gasteiger partial charge is 0.382 e. The van der Waals surface area contributed by atoms with E-state index in [9.17, 15) is 39.9 Å². The maximum absolute atomic E-state index is 14.0. The fourth-order valence-electron chi connectivity index (χ4n) is 3.02. The zero-order valence-electron chi connectivity index (χ0n) is 13.0. The van der Waals surface area contributed by atoms with Gasteiger partial charge in [-0.1, -0.05) is 17.7 Å². The second kappa shape index (κ2) is 6.11. The fourth-order valence-corrected chi connectivity index (χ4v) is 4.26. The number of hydrogen-bond donors (Lipinski definition) is 1. The molecule has 1 N–H and O–H groups in total. The molecule has 2 aromatic carbocycles. The van der Waals surface area contributed by atoms with Gasteiger partial charge in [-0.3, -0.25) is 0 Å². The van der Waals surface area contributed by atoms with Crippen LogP contribution in [0.2, 0.25) is 5.02 Å². The van der Waals surface area contributed by atoms with Crippen molar-refractivity contribution < 1.29 is 39.9 Å². The molecule has 1 aliphatic carbocycles. The standard InChI is InChI=1S/C16H9ClF6O3S/c17-8-3-7(4-9(18)5-8)10-1-2-12(27(25,26)16(21,22)23)13-11(10)6-15(19,20)14(13)24/h1-5,14,24H,6H2/t14-/m0/s1. The summed E-state index contributed by atoms with van der Waals surface area (Å²) in [5.74, 6) is -4.73. The molecule has 27 heavy (non-hydrogen) atoms. The van der Waals surface area contributed by atoms with Crippen LogP contribution in [0.25, 0.3) is 11.1 Å². The van der Waals surface area contributed by atoms with E-state index in [0.717, 1.165) is 18.2 Å². The Hall–Kier alpha value is -1.78. The molecule has 0 unspecified atom stereocenters. The second-order valence-electron chi connectivity index (χ2n) is 5.95. The summed E-state index contributed by atoms with van der Waals surface area (Å²) in [5, 5.41) is 9.72. The Balaban J connectivity index is 2.34. The van der Waals surface area contributed by atoms with E-state index in [1.165, 1.54) is 6.07 Å². The molecule has 3 nitrogen and oxygen atoms in total. The van der Waals surface area contributed by atoms with Crippen LogP contribution in [-0.2, 0) is 16.3 Å². The molecule has 0 amide bonds. The Morgan fingerprint density at radius 2 is 1.78 bits per heavy atom. The highest BCUT2D eigenvalue weighted by atomic mass is 35.5. The molecular formula is C16H9ClF6O3S. The molecule has 0 aromatic heterocycles. The average molecular weight is 431 g/mol. The summed E-state index contributed by atoms with van der Waals surface area (Å²) in [5.41, 5.74) is -7.50. The van der Waals surface area contributed by atoms with Gasteiger partial charge in [0, 0.05) is 17.0 Å². The number of halogens is 7. The Kier molecular flexibility index (Phi) is 4.52. The van der Waals surface area contributed by atoms with Gasteiger partial charge in [-0.2, -0.15) is 13.2 Å². The lowest BCUT2D eigenvalue weighted by molar-refractivity contribution is -0.0977. The molecule has 3 rings (SSSR count). The van der Waals surface area contributed by atoms with Crippen LogP contribution in [0.15, 0.2) is 35.2 Å². The number of aliphatic hydroxyl groups excluding tert-OH is 1. The van der Waals surface area contributed by atoms with Crippen molar-refractivity contribution in [3.63, 3.8) is 0 Å². The first-order valence-electron chi connectivity index (χ1n) is 7.25. The van der Waals surface area contributed by atoms with E-state index in [-0.39, 0.29) is 16.1 Å². The van der Waals surface area contributed by atoms with Crippen LogP contribution in [0.3, 0.4) is 0 Å². The van der Waals surface area contributed by atoms with Crippen molar-refractivity contribution in [3.8, 4) is 11.1 Å². The molecule has 146 valence electrons. The van der Waals surface area contributed by atoms with Crippen LogP contribution < -0.4 is 0 Å². The normalized spacial score (nSPS) is 19.2. The summed E-state index contributed by atoms with van der Waals surface area (Å²) in [6.07, 6.45) is -3.97. The van der Waals surface area contributed by atoms with Gasteiger partial charge in [0.05, 0.1) is 4.90 Å². The topological polar surface area (TPSA) is 54.4 Å². The van der Waals surface area contributed by atoms with Crippen molar-refractivity contribution in [3.05, 3.63) is 52.3 Å². The summed E-state index contributed by atoms with van der Waals surface area (Å²) >= 11 is 5.72. The first kappa shape index (κ1) is 20.0. The van der Waals surface area contributed by atoms with E-state index in [2.05, 4.69) is 0 Å². The number of alkyl halides is 5. The lowest BCUT2D eigenvalue weighted by Gasteiger charge is -2.17. The maximum Gasteiger partial charge on any atom is 0.501 e. The molecule has 1 atom stereocenters. The molecule has 0 aliphatic heterocycles. The summed E-state index contributed by atoms with van der Waals surface area (Å²) in [4.78, 5) is -1.46. The fraction of sp³-hybridized carbons (Fsp3) is 0.250. The van der Waals surface area contributed by atoms with Gasteiger partial charge in [-0.05, 0) is 41.0 Å². The van der Waals surface area contributed by atoms with Gasteiger partial charge >= 0.3 is 5.51 Å². The first-order valence-corrected chi connectivity index (χ1v) is 9.11. The number of rotatable bonds is 2. The highest BCUT2D eigenvalue weighted by Gasteiger charge is 2.54. The molecule has 2 aromatic rings. The second-order valence-corrected chi connectivity index (χ2v) is 8.30. The van der Waals surface area contributed by atoms with Crippen LogP contribution >= 0.6 is 11.6 Å². The lowest BCUT2D eigenvalue weighted by Crippen LogP contribution is -2.26. The maximum atomic E-state index is 14.0. The molecule has 1 aliphatic rings. The third-order valence-corrected chi connectivity index (χ3v) is 5.93. The minimum atomic E-state index is -5.99. The van der Waals surface area contributed by atoms with E-state index in [1.54, 1.807) is 0 Å². The number of benzene rings is 2. The zero-order valence-corrected chi connectivity index (χ0v) is 14.6. The Morgan fingerprint density at radius 3 is 2.33 bits per heavy atom. The monoisotopic (exact) mass is 430 g/mol. The van der Waals surface area contributed by atoms with Gasteiger partial charge in [0.1, 0.15) is 11.9 Å². The minimum absolute atomic E-state index is 0.0443. The van der Waals surface area contributed by atoms with Crippen LogP contribution in [0.1, 0.15) is 17.2 Å². The molecule has 0 radical (unpaired) electrons. The van der Waals surface area contributed by atoms with Gasteiger partial charge < -0.3 is 5.11 Å². The van der Waals surface area contributed by atoms with E-state index in [1.807, 2.05) is 0 Å². The van der Waals surface area contributed by atoms with Gasteiger partial charge in [0.15, 0.2) is 0 Å². The van der Waals surface area contributed by atoms with Crippen LogP contribution in [0.5, 0.6) is 0 Å². The molecule has 0 bridgehead atoms. The molecule has 0 saturated heterocycles. The van der Waals surface area contributed by atoms with Crippen LogP contribution in [0.4, 0.5) is 26.3 Å². The van der Waals surface area contributed by atoms with Gasteiger partial charge in [0.25, 0.3) is 15.8 Å². The van der Waals surface area contributed by atoms with E-state index in [0.29, 0.717) is 6.07 Å². The Labute approximate surface area is 154 Å². The van der Waals surface area contributed by atoms with E-state index < -0.39 is 55.6 Å². The summed E-state index contributed by atoms with van der Waals surface area (Å²) < 4.78 is 104. The largest absolute Gasteiger partial charge is 0.501 e. The lowest BCUT2D eigenvalue weighted by atomic mass is 9.96. The predicted molar refractivity (Wildman–Crippen MR) is 83.7 cm³/mol. The molecular weight excluding hydrogens is 422 g/mol. The summed E-state index contributed by atoms with van der Waals surface area (Å²) in [6.45, 7) is 0. The SMILES string of the molecule is O=S(=O)(c1ccc(-c2cc(F)cc(Cl)c2)c2c1[C@H](O)C(F)(F)C2)C(F)(F)F. The Bertz CT molecular complexity index is 1010. The third kappa shape index (κ3) is 3.19. The third-order valence-electron chi connectivity index (χ3n) is 4.17. The molecule has 0 spiro atoms. The van der Waals surface area contributed by atoms with E-state index in [4.69, 9.17) is 11.6 Å². The number of aliphatic hydroxyl groups is 1. The van der Waals surface area contributed by atoms with Crippen LogP contribution in [-0.4, -0.2) is 25.0 Å². The van der Waals surface area contributed by atoms with Crippen molar-refractivity contribution in [2.24, 2.45) is 0 Å². The molecule has 11 heteroatoms. The molecule has 0 fully saturated rings. The van der Waals surface area contributed by atoms with E-state index >= 15 is 0 Å². The summed E-state index contributed by atoms with van der Waals surface area (Å²) in [6, 6.07) is 4.34. The highest BCUT2D eigenvalue weighted by molar-refractivity contribution is 7.92. The average Bonchev–Trinajstić information content (AvgIpc) is 2.74. The molecule has 0 heterocycles.